The van der Waals surface area contributed by atoms with E-state index in [2.05, 4.69) is 9.97 Å². The summed E-state index contributed by atoms with van der Waals surface area (Å²) in [6.07, 6.45) is 1.08. The first kappa shape index (κ1) is 5.61. The minimum atomic E-state index is -0.525. The van der Waals surface area contributed by atoms with Crippen molar-refractivity contribution in [3.8, 4) is 5.88 Å². The SMILES string of the molecule is Nc1c(O)nc[nH]c1=O. The Balaban J connectivity index is 3.43. The largest absolute Gasteiger partial charge is 0.492 e. The van der Waals surface area contributed by atoms with Gasteiger partial charge in [-0.1, -0.05) is 0 Å². The van der Waals surface area contributed by atoms with E-state index in [-0.39, 0.29) is 5.69 Å². The number of nitrogens with two attached hydrogens (primary N) is 1. The number of aromatic nitrogens is 2. The van der Waals surface area contributed by atoms with Crippen LogP contribution in [0.4, 0.5) is 5.69 Å². The van der Waals surface area contributed by atoms with Crippen LogP contribution in [0.2, 0.25) is 0 Å². The van der Waals surface area contributed by atoms with E-state index < -0.39 is 11.4 Å². The molecule has 0 aromatic carbocycles. The Morgan fingerprint density at radius 1 is 1.78 bits per heavy atom. The molecule has 0 aliphatic carbocycles. The molecule has 0 bridgehead atoms. The molecule has 0 aliphatic heterocycles. The number of aromatic amines is 1. The third-order valence-electron chi connectivity index (χ3n) is 0.868. The van der Waals surface area contributed by atoms with E-state index in [9.17, 15) is 4.79 Å². The summed E-state index contributed by atoms with van der Waals surface area (Å²) in [5, 5.41) is 8.64. The zero-order valence-electron chi connectivity index (χ0n) is 4.46. The first-order chi connectivity index (χ1) is 4.22. The quantitative estimate of drug-likeness (QED) is 0.419. The summed E-state index contributed by atoms with van der Waals surface area (Å²) >= 11 is 0. The van der Waals surface area contributed by atoms with Crippen LogP contribution in [0.15, 0.2) is 11.1 Å². The van der Waals surface area contributed by atoms with Gasteiger partial charge in [-0.05, 0) is 0 Å². The lowest BCUT2D eigenvalue weighted by Gasteiger charge is -1.90. The molecule has 5 nitrogen and oxygen atoms in total. The van der Waals surface area contributed by atoms with E-state index >= 15 is 0 Å². The second-order valence-electron chi connectivity index (χ2n) is 1.47. The number of anilines is 1. The molecular weight excluding hydrogens is 122 g/mol. The average Bonchev–Trinajstić information content (AvgIpc) is 1.83. The minimum absolute atomic E-state index is 0.252. The number of aromatic hydroxyl groups is 1. The van der Waals surface area contributed by atoms with Crippen LogP contribution < -0.4 is 11.3 Å². The average molecular weight is 127 g/mol. The zero-order valence-corrected chi connectivity index (χ0v) is 4.46. The molecule has 0 spiro atoms. The van der Waals surface area contributed by atoms with Crippen LogP contribution in [0.1, 0.15) is 0 Å². The second-order valence-corrected chi connectivity index (χ2v) is 1.47. The van der Waals surface area contributed by atoms with Crippen molar-refractivity contribution in [3.63, 3.8) is 0 Å². The van der Waals surface area contributed by atoms with Crippen LogP contribution in [0.3, 0.4) is 0 Å². The van der Waals surface area contributed by atoms with Gasteiger partial charge in [-0.2, -0.15) is 0 Å². The van der Waals surface area contributed by atoms with Crippen molar-refractivity contribution in [3.05, 3.63) is 16.7 Å². The highest BCUT2D eigenvalue weighted by molar-refractivity contribution is 5.43. The summed E-state index contributed by atoms with van der Waals surface area (Å²) < 4.78 is 0. The van der Waals surface area contributed by atoms with Gasteiger partial charge in [-0.3, -0.25) is 4.79 Å². The fourth-order valence-electron chi connectivity index (χ4n) is 0.401. The maximum atomic E-state index is 10.5. The summed E-state index contributed by atoms with van der Waals surface area (Å²) in [6, 6.07) is 0. The number of nitrogens with zero attached hydrogens (tertiary/aromatic N) is 1. The first-order valence-electron chi connectivity index (χ1n) is 2.24. The molecule has 0 saturated heterocycles. The molecule has 0 atom stereocenters. The number of hydrogen-bond donors (Lipinski definition) is 3. The molecule has 0 radical (unpaired) electrons. The van der Waals surface area contributed by atoms with Crippen LogP contribution in [0, 0.1) is 0 Å². The predicted octanol–water partition coefficient (Wildman–Crippen LogP) is -0.942. The van der Waals surface area contributed by atoms with Gasteiger partial charge in [-0.15, -0.1) is 0 Å². The highest BCUT2D eigenvalue weighted by Gasteiger charge is 1.98. The van der Waals surface area contributed by atoms with Crippen LogP contribution in [0.25, 0.3) is 0 Å². The highest BCUT2D eigenvalue weighted by Crippen LogP contribution is 2.05. The number of rotatable bonds is 0. The maximum absolute atomic E-state index is 10.5. The Morgan fingerprint density at radius 3 is 2.89 bits per heavy atom. The number of nitrogens with one attached hydrogen (secondary N) is 1. The first-order valence-corrected chi connectivity index (χ1v) is 2.24. The zero-order chi connectivity index (χ0) is 6.85. The van der Waals surface area contributed by atoms with Gasteiger partial charge in [0.05, 0.1) is 6.33 Å². The van der Waals surface area contributed by atoms with E-state index in [1.54, 1.807) is 0 Å². The summed E-state index contributed by atoms with van der Waals surface area (Å²) in [5.41, 5.74) is 4.25. The summed E-state index contributed by atoms with van der Waals surface area (Å²) in [4.78, 5) is 16.0. The van der Waals surface area contributed by atoms with E-state index in [0.717, 1.165) is 6.33 Å². The van der Waals surface area contributed by atoms with Gasteiger partial charge >= 0.3 is 0 Å². The standard InChI is InChI=1S/C4H5N3O2/c5-2-3(8)6-1-7-4(2)9/h1H,5H2,(H2,6,7,8,9). The molecule has 5 heteroatoms. The Kier molecular flexibility index (Phi) is 1.11. The Hall–Kier alpha value is -1.52. The molecule has 0 saturated carbocycles. The van der Waals surface area contributed by atoms with Crippen molar-refractivity contribution in [2.45, 2.75) is 0 Å². The summed E-state index contributed by atoms with van der Waals surface area (Å²) in [7, 11) is 0. The lowest BCUT2D eigenvalue weighted by atomic mass is 10.5. The number of hydrogen-bond acceptors (Lipinski definition) is 4. The molecule has 9 heavy (non-hydrogen) atoms. The van der Waals surface area contributed by atoms with Gasteiger partial charge in [0.25, 0.3) is 5.56 Å². The molecule has 0 unspecified atom stereocenters. The summed E-state index contributed by atoms with van der Waals surface area (Å²) in [5.74, 6) is -0.432. The molecule has 1 rings (SSSR count). The van der Waals surface area contributed by atoms with Crippen molar-refractivity contribution >= 4 is 5.69 Å². The van der Waals surface area contributed by atoms with Crippen molar-refractivity contribution in [2.75, 3.05) is 5.73 Å². The van der Waals surface area contributed by atoms with Gasteiger partial charge < -0.3 is 15.8 Å². The van der Waals surface area contributed by atoms with E-state index in [1.807, 2.05) is 0 Å². The fraction of sp³-hybridized carbons (Fsp3) is 0. The monoisotopic (exact) mass is 127 g/mol. The van der Waals surface area contributed by atoms with E-state index in [0.29, 0.717) is 0 Å². The molecule has 1 aromatic heterocycles. The second kappa shape index (κ2) is 1.77. The Labute approximate surface area is 50.2 Å². The maximum Gasteiger partial charge on any atom is 0.277 e. The topological polar surface area (TPSA) is 92.0 Å². The fourth-order valence-corrected chi connectivity index (χ4v) is 0.401. The van der Waals surface area contributed by atoms with Crippen LogP contribution >= 0.6 is 0 Å². The lowest BCUT2D eigenvalue weighted by Crippen LogP contribution is -2.11. The molecule has 48 valence electrons. The third-order valence-corrected chi connectivity index (χ3v) is 0.868. The third kappa shape index (κ3) is 0.835. The van der Waals surface area contributed by atoms with Gasteiger partial charge in [0.2, 0.25) is 5.88 Å². The van der Waals surface area contributed by atoms with Gasteiger partial charge in [-0.25, -0.2) is 4.98 Å². The van der Waals surface area contributed by atoms with E-state index in [4.69, 9.17) is 10.8 Å². The molecule has 0 fully saturated rings. The molecule has 1 heterocycles. The predicted molar refractivity (Wildman–Crippen MR) is 30.9 cm³/mol. The highest BCUT2D eigenvalue weighted by atomic mass is 16.3. The smallest absolute Gasteiger partial charge is 0.277 e. The van der Waals surface area contributed by atoms with Gasteiger partial charge in [0.1, 0.15) is 0 Å². The number of H-pyrrole nitrogens is 1. The number of nitrogen functional groups attached to an aromatic ring is 1. The van der Waals surface area contributed by atoms with Crippen molar-refractivity contribution in [1.82, 2.24) is 9.97 Å². The van der Waals surface area contributed by atoms with Crippen LogP contribution in [-0.2, 0) is 0 Å². The molecule has 0 aliphatic rings. The van der Waals surface area contributed by atoms with Crippen molar-refractivity contribution in [2.24, 2.45) is 0 Å². The van der Waals surface area contributed by atoms with Gasteiger partial charge in [0.15, 0.2) is 5.69 Å². The van der Waals surface area contributed by atoms with Crippen molar-refractivity contribution in [1.29, 1.82) is 0 Å². The molecule has 4 N–H and O–H groups in total. The van der Waals surface area contributed by atoms with E-state index in [1.165, 1.54) is 0 Å². The van der Waals surface area contributed by atoms with Crippen molar-refractivity contribution < 1.29 is 5.11 Å². The Morgan fingerprint density at radius 2 is 2.44 bits per heavy atom. The normalized spacial score (nSPS) is 9.33. The van der Waals surface area contributed by atoms with Gasteiger partial charge in [0, 0.05) is 0 Å². The van der Waals surface area contributed by atoms with Crippen LogP contribution in [0.5, 0.6) is 5.88 Å². The molecular formula is C4H5N3O2. The lowest BCUT2D eigenvalue weighted by molar-refractivity contribution is 0.454. The minimum Gasteiger partial charge on any atom is -0.492 e. The summed E-state index contributed by atoms with van der Waals surface area (Å²) in [6.45, 7) is 0. The Bertz CT molecular complexity index is 267. The molecule has 0 amide bonds. The van der Waals surface area contributed by atoms with Crippen LogP contribution in [-0.4, -0.2) is 15.1 Å². The molecule has 1 aromatic rings.